The minimum absolute atomic E-state index is 0.146. The third-order valence-electron chi connectivity index (χ3n) is 5.57. The number of amides is 1. The molecule has 0 unspecified atom stereocenters. The smallest absolute Gasteiger partial charge is 0.255 e. The van der Waals surface area contributed by atoms with Crippen LogP contribution in [0.2, 0.25) is 0 Å². The number of hydrogen-bond donors (Lipinski definition) is 1. The van der Waals surface area contributed by atoms with Crippen LogP contribution in [0.15, 0.2) is 47.4 Å². The summed E-state index contributed by atoms with van der Waals surface area (Å²) >= 11 is 2.00. The monoisotopic (exact) mass is 461 g/mol. The number of rotatable bonds is 7. The number of nitrogens with zero attached hydrogens (tertiary/aromatic N) is 2. The summed E-state index contributed by atoms with van der Waals surface area (Å²) in [5.74, 6) is 2.10. The van der Waals surface area contributed by atoms with Crippen LogP contribution in [0.3, 0.4) is 0 Å². The van der Waals surface area contributed by atoms with Crippen molar-refractivity contribution in [1.82, 2.24) is 9.21 Å². The molecule has 0 saturated carbocycles. The summed E-state index contributed by atoms with van der Waals surface area (Å²) in [7, 11) is -2.01. The fourth-order valence-corrected chi connectivity index (χ4v) is 5.74. The molecule has 0 bridgehead atoms. The van der Waals surface area contributed by atoms with Gasteiger partial charge in [-0.3, -0.25) is 9.69 Å². The maximum atomic E-state index is 12.7. The maximum Gasteiger partial charge on any atom is 0.255 e. The Balaban J connectivity index is 1.67. The molecule has 0 radical (unpaired) electrons. The largest absolute Gasteiger partial charge is 0.322 e. The molecule has 31 heavy (non-hydrogen) atoms. The lowest BCUT2D eigenvalue weighted by Crippen LogP contribution is -2.33. The zero-order chi connectivity index (χ0) is 22.6. The molecule has 2 aromatic rings. The van der Waals surface area contributed by atoms with Crippen molar-refractivity contribution in [1.29, 1.82) is 0 Å². The van der Waals surface area contributed by atoms with E-state index in [0.29, 0.717) is 5.56 Å². The second-order valence-electron chi connectivity index (χ2n) is 8.13. The Hall–Kier alpha value is -1.87. The molecule has 1 saturated heterocycles. The Labute approximate surface area is 190 Å². The van der Waals surface area contributed by atoms with Gasteiger partial charge in [0.1, 0.15) is 0 Å². The van der Waals surface area contributed by atoms with Gasteiger partial charge in [0, 0.05) is 55.5 Å². The summed E-state index contributed by atoms with van der Waals surface area (Å²) in [6.07, 6.45) is 0. The van der Waals surface area contributed by atoms with E-state index in [1.54, 1.807) is 19.2 Å². The van der Waals surface area contributed by atoms with E-state index in [1.165, 1.54) is 33.5 Å². The lowest BCUT2D eigenvalue weighted by Gasteiger charge is -2.26. The summed E-state index contributed by atoms with van der Waals surface area (Å²) in [5.41, 5.74) is 3.43. The van der Waals surface area contributed by atoms with E-state index in [1.807, 2.05) is 38.6 Å². The van der Waals surface area contributed by atoms with E-state index in [-0.39, 0.29) is 16.8 Å². The summed E-state index contributed by atoms with van der Waals surface area (Å²) in [4.78, 5) is 15.3. The van der Waals surface area contributed by atoms with Gasteiger partial charge in [0.05, 0.1) is 4.90 Å². The van der Waals surface area contributed by atoms with Gasteiger partial charge in [-0.05, 0) is 62.2 Å². The number of anilines is 1. The highest BCUT2D eigenvalue weighted by Gasteiger charge is 2.23. The first-order valence-corrected chi connectivity index (χ1v) is 13.1. The lowest BCUT2D eigenvalue weighted by molar-refractivity contribution is 0.102. The van der Waals surface area contributed by atoms with E-state index < -0.39 is 10.0 Å². The molecule has 1 N–H and O–H groups in total. The molecule has 1 amide bonds. The minimum atomic E-state index is -3.57. The van der Waals surface area contributed by atoms with Gasteiger partial charge in [0.2, 0.25) is 10.0 Å². The van der Waals surface area contributed by atoms with Crippen molar-refractivity contribution < 1.29 is 13.2 Å². The predicted octanol–water partition coefficient (Wildman–Crippen LogP) is 3.83. The van der Waals surface area contributed by atoms with Gasteiger partial charge in [0.25, 0.3) is 5.91 Å². The molecule has 2 aromatic carbocycles. The van der Waals surface area contributed by atoms with Crippen molar-refractivity contribution in [2.45, 2.75) is 38.3 Å². The average molecular weight is 462 g/mol. The van der Waals surface area contributed by atoms with Crippen molar-refractivity contribution >= 4 is 33.4 Å². The van der Waals surface area contributed by atoms with Crippen molar-refractivity contribution in [3.8, 4) is 0 Å². The second kappa shape index (κ2) is 10.2. The quantitative estimate of drug-likeness (QED) is 0.679. The van der Waals surface area contributed by atoms with E-state index in [2.05, 4.69) is 22.3 Å². The standard InChI is InChI=1S/C23H31N3O3S2/c1-17(2)25(4)31(28,29)21-8-6-20(7-9-21)23(27)24-22-10-5-19(15-18(22)3)16-26-11-13-30-14-12-26/h5-10,15,17H,11-14,16H2,1-4H3,(H,24,27). The first kappa shape index (κ1) is 23.8. The number of aryl methyl sites for hydroxylation is 1. The van der Waals surface area contributed by atoms with Crippen LogP contribution in [-0.4, -0.2) is 61.2 Å². The van der Waals surface area contributed by atoms with Crippen LogP contribution in [0, 0.1) is 6.92 Å². The zero-order valence-corrected chi connectivity index (χ0v) is 20.2. The molecule has 6 nitrogen and oxygen atoms in total. The normalized spacial score (nSPS) is 15.4. The van der Waals surface area contributed by atoms with E-state index in [9.17, 15) is 13.2 Å². The Morgan fingerprint density at radius 1 is 1.13 bits per heavy atom. The van der Waals surface area contributed by atoms with Crippen molar-refractivity contribution in [2.24, 2.45) is 0 Å². The molecule has 0 aliphatic carbocycles. The van der Waals surface area contributed by atoms with Crippen LogP contribution in [0.4, 0.5) is 5.69 Å². The molecular formula is C23H31N3O3S2. The van der Waals surface area contributed by atoms with Gasteiger partial charge in [0.15, 0.2) is 0 Å². The second-order valence-corrected chi connectivity index (χ2v) is 11.4. The third kappa shape index (κ3) is 5.88. The van der Waals surface area contributed by atoms with Crippen molar-refractivity contribution in [3.63, 3.8) is 0 Å². The molecule has 0 atom stereocenters. The molecule has 1 fully saturated rings. The number of benzene rings is 2. The fraction of sp³-hybridized carbons (Fsp3) is 0.435. The Morgan fingerprint density at radius 3 is 2.35 bits per heavy atom. The number of carbonyl (C=O) groups excluding carboxylic acids is 1. The molecule has 1 heterocycles. The summed E-state index contributed by atoms with van der Waals surface area (Å²) in [6.45, 7) is 8.78. The van der Waals surface area contributed by atoms with E-state index in [4.69, 9.17) is 0 Å². The topological polar surface area (TPSA) is 69.7 Å². The van der Waals surface area contributed by atoms with E-state index in [0.717, 1.165) is 30.9 Å². The number of hydrogen-bond acceptors (Lipinski definition) is 5. The van der Waals surface area contributed by atoms with Crippen molar-refractivity contribution in [2.75, 3.05) is 37.0 Å². The Kier molecular flexibility index (Phi) is 7.80. The molecule has 0 aromatic heterocycles. The molecule has 0 spiro atoms. The molecule has 168 valence electrons. The number of sulfonamides is 1. The number of thioether (sulfide) groups is 1. The minimum Gasteiger partial charge on any atom is -0.322 e. The van der Waals surface area contributed by atoms with Gasteiger partial charge < -0.3 is 5.32 Å². The molecule has 8 heteroatoms. The highest BCUT2D eigenvalue weighted by Crippen LogP contribution is 2.21. The molecule has 3 rings (SSSR count). The van der Waals surface area contributed by atoms with Gasteiger partial charge in [-0.2, -0.15) is 16.1 Å². The summed E-state index contributed by atoms with van der Waals surface area (Å²) in [6, 6.07) is 12.0. The van der Waals surface area contributed by atoms with Gasteiger partial charge in [-0.1, -0.05) is 12.1 Å². The maximum absolute atomic E-state index is 12.7. The Morgan fingerprint density at radius 2 is 1.77 bits per heavy atom. The SMILES string of the molecule is Cc1cc(CN2CCSCC2)ccc1NC(=O)c1ccc(S(=O)(=O)N(C)C(C)C)cc1. The molecule has 1 aliphatic rings. The first-order valence-electron chi connectivity index (χ1n) is 10.5. The lowest BCUT2D eigenvalue weighted by atomic mass is 10.1. The van der Waals surface area contributed by atoms with Crippen LogP contribution in [-0.2, 0) is 16.6 Å². The zero-order valence-electron chi connectivity index (χ0n) is 18.6. The van der Waals surface area contributed by atoms with Crippen LogP contribution >= 0.6 is 11.8 Å². The molecule has 1 aliphatic heterocycles. The summed E-state index contributed by atoms with van der Waals surface area (Å²) < 4.78 is 26.5. The third-order valence-corrected chi connectivity index (χ3v) is 8.56. The van der Waals surface area contributed by atoms with Crippen LogP contribution in [0.5, 0.6) is 0 Å². The van der Waals surface area contributed by atoms with Gasteiger partial charge >= 0.3 is 0 Å². The van der Waals surface area contributed by atoms with Gasteiger partial charge in [-0.15, -0.1) is 0 Å². The van der Waals surface area contributed by atoms with Crippen LogP contribution in [0.25, 0.3) is 0 Å². The predicted molar refractivity (Wildman–Crippen MR) is 128 cm³/mol. The molecular weight excluding hydrogens is 430 g/mol. The summed E-state index contributed by atoms with van der Waals surface area (Å²) in [5, 5.41) is 2.94. The van der Waals surface area contributed by atoms with Crippen LogP contribution < -0.4 is 5.32 Å². The highest BCUT2D eigenvalue weighted by atomic mass is 32.2. The first-order chi connectivity index (χ1) is 14.7. The van der Waals surface area contributed by atoms with Crippen molar-refractivity contribution in [3.05, 3.63) is 59.2 Å². The highest BCUT2D eigenvalue weighted by molar-refractivity contribution is 7.99. The van der Waals surface area contributed by atoms with Gasteiger partial charge in [-0.25, -0.2) is 8.42 Å². The van der Waals surface area contributed by atoms with E-state index >= 15 is 0 Å². The number of nitrogens with one attached hydrogen (secondary N) is 1. The van der Waals surface area contributed by atoms with Crippen LogP contribution in [0.1, 0.15) is 35.3 Å². The Bertz CT molecular complexity index is 1010. The number of carbonyl (C=O) groups is 1. The average Bonchev–Trinajstić information content (AvgIpc) is 2.75. The fourth-order valence-electron chi connectivity index (χ4n) is 3.40.